The average Bonchev–Trinajstić information content (AvgIpc) is 1.00. The van der Waals surface area contributed by atoms with Gasteiger partial charge in [0.05, 0.1) is 0 Å². The highest BCUT2D eigenvalue weighted by Gasteiger charge is 0.555. The summed E-state index contributed by atoms with van der Waals surface area (Å²) in [4.78, 5) is 0. The molecular formula is C3H11O-. The summed E-state index contributed by atoms with van der Waals surface area (Å²) in [5, 5.41) is 8.25. The van der Waals surface area contributed by atoms with Gasteiger partial charge in [0.1, 0.15) is 0 Å². The Morgan fingerprint density at radius 2 is 1.00 bits per heavy atom. The second kappa shape index (κ2) is 7110. The Kier molecular flexibility index (Phi) is 66900. The third-order valence-corrected chi connectivity index (χ3v) is 0. The summed E-state index contributed by atoms with van der Waals surface area (Å²) < 4.78 is 0. The molecule has 0 saturated heterocycles. The molecule has 0 saturated carbocycles. The van der Waals surface area contributed by atoms with E-state index in [9.17, 15) is 0 Å². The van der Waals surface area contributed by atoms with Gasteiger partial charge in [0.15, 0.2) is 0 Å². The van der Waals surface area contributed by atoms with Crippen LogP contribution in [0.15, 0.2) is 0 Å². The molecule has 0 atom stereocenters. The molecule has 1 nitrogen and oxygen atoms in total. The quantitative estimate of drug-likeness (QED) is 0.395. The Morgan fingerprint density at radius 1 is 1.00 bits per heavy atom. The smallest absolute Gasteiger partial charge is 0.0776 e. The maximum absolute atomic E-state index is 8.25. The Balaban J connectivity index is -0.00000000500. The molecule has 1 heteroatoms. The first kappa shape index (κ1) is 37.6. The predicted molar refractivity (Wildman–Crippen MR) is 19.4 cm³/mol. The molecule has 0 radical (unpaired) electrons. The van der Waals surface area contributed by atoms with Gasteiger partial charge in [-0.3, -0.25) is 0 Å². The molecule has 30 valence electrons. The monoisotopic (exact) mass is 63.1 g/mol. The number of hydrogen-bond donors (Lipinski definition) is 0. The predicted octanol–water partition coefficient (Wildman–Crippen LogP) is 0.249. The van der Waals surface area contributed by atoms with Gasteiger partial charge in [-0.25, -0.2) is 0 Å². The van der Waals surface area contributed by atoms with Gasteiger partial charge in [0.25, 0.3) is 0 Å². The average molecular weight is 63.1 g/mol. The molecule has 0 aliphatic rings. The van der Waals surface area contributed by atoms with E-state index < -0.39 is 0 Å². The highest BCUT2D eigenvalue weighted by Crippen LogP contribution is 0.419. The lowest BCUT2D eigenvalue weighted by atomic mass is 11.8. The molecule has 0 aromatic carbocycles. The minimum atomic E-state index is 0. The molecule has 0 aliphatic heterocycles. The van der Waals surface area contributed by atoms with Crippen LogP contribution in [0.3, 0.4) is 0 Å². The van der Waals surface area contributed by atoms with E-state index >= 15 is 0 Å². The van der Waals surface area contributed by atoms with E-state index in [4.69, 9.17) is 5.11 Å². The van der Waals surface area contributed by atoms with Crippen molar-refractivity contribution in [3.63, 3.8) is 0 Å². The lowest BCUT2D eigenvalue weighted by molar-refractivity contribution is -0.325. The molecule has 0 bridgehead atoms. The van der Waals surface area contributed by atoms with E-state index in [2.05, 4.69) is 0 Å². The highest BCUT2D eigenvalue weighted by atomic mass is 16.2. The van der Waals surface area contributed by atoms with Gasteiger partial charge >= 0.3 is 0 Å². The van der Waals surface area contributed by atoms with Gasteiger partial charge < -0.3 is 5.11 Å². The fourth-order valence-electron chi connectivity index (χ4n) is 0. The molecule has 4 heavy (non-hydrogen) atoms. The van der Waals surface area contributed by atoms with Crippen LogP contribution < -0.4 is 5.11 Å². The Labute approximate surface area is 28.3 Å². The SMILES string of the molecule is C.C.C[O-]. The molecule has 0 aliphatic carbocycles. The summed E-state index contributed by atoms with van der Waals surface area (Å²) in [6.07, 6.45) is 0. The molecule has 0 amide bonds. The minimum absolute atomic E-state index is 0. The second-order valence-electron chi connectivity index (χ2n) is 0. The third-order valence-electron chi connectivity index (χ3n) is 0. The van der Waals surface area contributed by atoms with E-state index in [0.717, 1.165) is 7.11 Å². The largest absolute Gasteiger partial charge is 0.857 e. The van der Waals surface area contributed by atoms with Crippen LogP contribution in [-0.2, 0) is 0 Å². The summed E-state index contributed by atoms with van der Waals surface area (Å²) in [6, 6.07) is 0. The molecule has 0 fully saturated rings. The molecule has 0 N–H and O–H groups in total. The normalized spacial score (nSPS) is 1.50. The minimum Gasteiger partial charge on any atom is -0.857 e. The molecular weight excluding hydrogens is 52.0 g/mol. The Bertz CT molecular complexity index is 3.25. The molecule has 0 rings (SSSR count). The maximum Gasteiger partial charge on any atom is -0.0776 e. The van der Waals surface area contributed by atoms with Crippen LogP contribution >= 0.6 is 0 Å². The van der Waals surface area contributed by atoms with Crippen molar-refractivity contribution in [2.24, 2.45) is 0 Å². The first-order valence-electron chi connectivity index (χ1n) is 0.408. The summed E-state index contributed by atoms with van der Waals surface area (Å²) in [5.74, 6) is 0. The lowest BCUT2D eigenvalue weighted by Gasteiger charge is -1.57. The van der Waals surface area contributed by atoms with Crippen molar-refractivity contribution in [1.82, 2.24) is 0 Å². The second-order valence-corrected chi connectivity index (χ2v) is 0. The fraction of sp³-hybridized carbons (Fsp3) is 1.00. The first-order chi connectivity index (χ1) is 1.00. The van der Waals surface area contributed by atoms with Crippen molar-refractivity contribution < 1.29 is 5.11 Å². The topological polar surface area (TPSA) is 23.1 Å². The van der Waals surface area contributed by atoms with Crippen molar-refractivity contribution in [2.45, 2.75) is 14.9 Å². The highest BCUT2D eigenvalue weighted by molar-refractivity contribution is 3.08. The van der Waals surface area contributed by atoms with Gasteiger partial charge in [-0.1, -0.05) is 14.9 Å². The van der Waals surface area contributed by atoms with Gasteiger partial charge in [0.2, 0.25) is 0 Å². The van der Waals surface area contributed by atoms with Gasteiger partial charge in [0, 0.05) is 0 Å². The van der Waals surface area contributed by atoms with E-state index in [1.807, 2.05) is 0 Å². The maximum atomic E-state index is 8.25. The van der Waals surface area contributed by atoms with Crippen LogP contribution in [0, 0.1) is 0 Å². The zero-order chi connectivity index (χ0) is 2.00. The summed E-state index contributed by atoms with van der Waals surface area (Å²) in [7, 11) is 0.750. The van der Waals surface area contributed by atoms with E-state index in [0.29, 0.717) is 0 Å². The zero-order valence-electron chi connectivity index (χ0n) is 1.41. The van der Waals surface area contributed by atoms with E-state index in [1.165, 1.54) is 0 Å². The fourth-order valence-corrected chi connectivity index (χ4v) is 0. The first-order valence-corrected chi connectivity index (χ1v) is 0.408. The standard InChI is InChI=1S/CH3O.2CH4/c1-2;;/h1H3;2*1H4/q-1;;. The van der Waals surface area contributed by atoms with Crippen molar-refractivity contribution in [3.8, 4) is 0 Å². The summed E-state index contributed by atoms with van der Waals surface area (Å²) in [5.41, 5.74) is 0. The summed E-state index contributed by atoms with van der Waals surface area (Å²) in [6.45, 7) is 0. The molecule has 0 spiro atoms. The molecule has 0 aromatic rings. The molecule has 0 unspecified atom stereocenters. The van der Waals surface area contributed by atoms with Crippen molar-refractivity contribution >= 4 is 0 Å². The van der Waals surface area contributed by atoms with Gasteiger partial charge in [-0.15, -0.1) is 0 Å². The molecule has 0 aromatic heterocycles. The molecule has 0 heterocycles. The zero-order valence-corrected chi connectivity index (χ0v) is 1.41. The third kappa shape index (κ3) is 1130. The van der Waals surface area contributed by atoms with Gasteiger partial charge in [-0.05, 0) is 0 Å². The van der Waals surface area contributed by atoms with Crippen LogP contribution in [0.25, 0.3) is 0 Å². The van der Waals surface area contributed by atoms with E-state index in [1.54, 1.807) is 0 Å². The van der Waals surface area contributed by atoms with Crippen LogP contribution in [0.4, 0.5) is 0 Å². The van der Waals surface area contributed by atoms with Crippen molar-refractivity contribution in [1.29, 1.82) is 0 Å². The Hall–Kier alpha value is -0.0400. The van der Waals surface area contributed by atoms with Crippen LogP contribution in [0.2, 0.25) is 0 Å². The van der Waals surface area contributed by atoms with Crippen LogP contribution in [0.5, 0.6) is 0 Å². The van der Waals surface area contributed by atoms with Gasteiger partial charge in [-0.2, -0.15) is 7.11 Å². The van der Waals surface area contributed by atoms with Crippen LogP contribution in [0.1, 0.15) is 14.9 Å². The number of hydrogen-bond acceptors (Lipinski definition) is 1. The van der Waals surface area contributed by atoms with E-state index in [-0.39, 0.29) is 14.9 Å². The number of rotatable bonds is 0. The summed E-state index contributed by atoms with van der Waals surface area (Å²) >= 11 is 0. The van der Waals surface area contributed by atoms with Crippen LogP contribution in [-0.4, -0.2) is 7.11 Å². The van der Waals surface area contributed by atoms with Crippen molar-refractivity contribution in [2.75, 3.05) is 7.11 Å². The lowest BCUT2D eigenvalue weighted by Crippen LogP contribution is -1.81. The Morgan fingerprint density at radius 3 is 1.00 bits per heavy atom. The van der Waals surface area contributed by atoms with Crippen molar-refractivity contribution in [3.05, 3.63) is 0 Å².